The van der Waals surface area contributed by atoms with Crippen molar-refractivity contribution in [3.05, 3.63) is 34.9 Å². The summed E-state index contributed by atoms with van der Waals surface area (Å²) in [6, 6.07) is 6.93. The number of hydrazine groups is 1. The van der Waals surface area contributed by atoms with Crippen molar-refractivity contribution < 1.29 is 14.3 Å². The lowest BCUT2D eigenvalue weighted by molar-refractivity contribution is -0.123. The van der Waals surface area contributed by atoms with Gasteiger partial charge in [0.05, 0.1) is 19.4 Å². The van der Waals surface area contributed by atoms with Gasteiger partial charge >= 0.3 is 0 Å². The highest BCUT2D eigenvalue weighted by atomic mass is 35.5. The number of thiocarbonyl (C=S) groups is 1. The highest BCUT2D eigenvalue weighted by molar-refractivity contribution is 7.80. The first-order valence-corrected chi connectivity index (χ1v) is 7.50. The third-order valence-corrected chi connectivity index (χ3v) is 2.98. The van der Waals surface area contributed by atoms with Crippen LogP contribution in [0.1, 0.15) is 18.9 Å². The molecule has 0 aliphatic rings. The second kappa shape index (κ2) is 10.1. The molecule has 0 aliphatic heterocycles. The average molecular weight is 344 g/mol. The molecule has 6 nitrogen and oxygen atoms in total. The molecular formula is C14H18ClN3O3S. The molecule has 8 heteroatoms. The Labute approximate surface area is 139 Å². The van der Waals surface area contributed by atoms with Crippen molar-refractivity contribution in [1.29, 1.82) is 0 Å². The minimum atomic E-state index is -0.289. The van der Waals surface area contributed by atoms with Crippen molar-refractivity contribution in [3.63, 3.8) is 0 Å². The molecule has 0 unspecified atom stereocenters. The minimum absolute atomic E-state index is 0.0312. The quantitative estimate of drug-likeness (QED) is 0.412. The van der Waals surface area contributed by atoms with Gasteiger partial charge in [0.25, 0.3) is 0 Å². The fraction of sp³-hybridized carbons (Fsp3) is 0.357. The number of halogens is 1. The third-order valence-electron chi connectivity index (χ3n) is 2.52. The summed E-state index contributed by atoms with van der Waals surface area (Å²) in [5.74, 6) is -0.564. The first kappa shape index (κ1) is 18.3. The van der Waals surface area contributed by atoms with Crippen molar-refractivity contribution >= 4 is 40.7 Å². The summed E-state index contributed by atoms with van der Waals surface area (Å²) in [5.41, 5.74) is 5.64. The molecule has 0 spiro atoms. The fourth-order valence-electron chi connectivity index (χ4n) is 1.49. The molecule has 0 fully saturated rings. The van der Waals surface area contributed by atoms with Crippen molar-refractivity contribution in [1.82, 2.24) is 16.2 Å². The second-order valence-electron chi connectivity index (χ2n) is 4.30. The summed E-state index contributed by atoms with van der Waals surface area (Å²) in [7, 11) is 0. The van der Waals surface area contributed by atoms with Gasteiger partial charge in [0.2, 0.25) is 11.8 Å². The van der Waals surface area contributed by atoms with Crippen LogP contribution in [-0.4, -0.2) is 30.1 Å². The monoisotopic (exact) mass is 343 g/mol. The highest BCUT2D eigenvalue weighted by Gasteiger charge is 2.07. The molecule has 0 atom stereocenters. The summed E-state index contributed by atoms with van der Waals surface area (Å²) in [4.78, 5) is 23.2. The Kier molecular flexibility index (Phi) is 8.42. The summed E-state index contributed by atoms with van der Waals surface area (Å²) < 4.78 is 5.05. The van der Waals surface area contributed by atoms with E-state index >= 15 is 0 Å². The van der Waals surface area contributed by atoms with Gasteiger partial charge in [-0.25, -0.2) is 0 Å². The Morgan fingerprint density at radius 3 is 2.50 bits per heavy atom. The van der Waals surface area contributed by atoms with Crippen LogP contribution in [-0.2, 0) is 20.7 Å². The molecule has 0 heterocycles. The van der Waals surface area contributed by atoms with Gasteiger partial charge in [0.1, 0.15) is 0 Å². The Balaban J connectivity index is 2.25. The number of ether oxygens (including phenoxy) is 1. The molecule has 0 bridgehead atoms. The van der Waals surface area contributed by atoms with E-state index in [-0.39, 0.29) is 29.8 Å². The van der Waals surface area contributed by atoms with E-state index in [4.69, 9.17) is 28.6 Å². The van der Waals surface area contributed by atoms with Crippen molar-refractivity contribution in [2.75, 3.05) is 13.2 Å². The Hall–Kier alpha value is -1.70. The fourth-order valence-corrected chi connectivity index (χ4v) is 1.78. The van der Waals surface area contributed by atoms with E-state index in [1.807, 2.05) is 6.92 Å². The van der Waals surface area contributed by atoms with Crippen molar-refractivity contribution in [2.24, 2.45) is 0 Å². The SMILES string of the molecule is CCOCCC(=O)NNC(=S)NC(=O)Cc1ccc(Cl)cc1. The molecule has 1 rings (SSSR count). The van der Waals surface area contributed by atoms with Crippen LogP contribution in [0.4, 0.5) is 0 Å². The smallest absolute Gasteiger partial charge is 0.240 e. The number of carbonyl (C=O) groups is 2. The van der Waals surface area contributed by atoms with Crippen LogP contribution in [0.15, 0.2) is 24.3 Å². The van der Waals surface area contributed by atoms with E-state index in [9.17, 15) is 9.59 Å². The van der Waals surface area contributed by atoms with E-state index in [2.05, 4.69) is 16.2 Å². The van der Waals surface area contributed by atoms with Crippen LogP contribution < -0.4 is 16.2 Å². The molecule has 120 valence electrons. The van der Waals surface area contributed by atoms with Crippen LogP contribution in [0.5, 0.6) is 0 Å². The molecule has 2 amide bonds. The second-order valence-corrected chi connectivity index (χ2v) is 5.15. The predicted molar refractivity (Wildman–Crippen MR) is 88.3 cm³/mol. The summed E-state index contributed by atoms with van der Waals surface area (Å²) in [5, 5.41) is 3.11. The van der Waals surface area contributed by atoms with Gasteiger partial charge in [-0.15, -0.1) is 0 Å². The normalized spacial score (nSPS) is 9.91. The summed E-state index contributed by atoms with van der Waals surface area (Å²) in [6.45, 7) is 2.74. The minimum Gasteiger partial charge on any atom is -0.381 e. The van der Waals surface area contributed by atoms with E-state index in [1.165, 1.54) is 0 Å². The zero-order valence-corrected chi connectivity index (χ0v) is 13.7. The maximum atomic E-state index is 11.8. The number of benzene rings is 1. The highest BCUT2D eigenvalue weighted by Crippen LogP contribution is 2.09. The number of hydrogen-bond acceptors (Lipinski definition) is 4. The molecule has 0 aliphatic carbocycles. The standard InChI is InChI=1S/C14H18ClN3O3S/c1-2-21-8-7-12(19)17-18-14(22)16-13(20)9-10-3-5-11(15)6-4-10/h3-6H,2,7-9H2,1H3,(H,17,19)(H2,16,18,20,22). The van der Waals surface area contributed by atoms with Gasteiger partial charge in [-0.05, 0) is 36.8 Å². The van der Waals surface area contributed by atoms with Crippen LogP contribution in [0.25, 0.3) is 0 Å². The van der Waals surface area contributed by atoms with E-state index in [0.29, 0.717) is 18.2 Å². The largest absolute Gasteiger partial charge is 0.381 e. The van der Waals surface area contributed by atoms with Gasteiger partial charge < -0.3 is 10.1 Å². The van der Waals surface area contributed by atoms with Gasteiger partial charge in [0, 0.05) is 11.6 Å². The number of amides is 2. The van der Waals surface area contributed by atoms with Gasteiger partial charge in [0.15, 0.2) is 5.11 Å². The Morgan fingerprint density at radius 1 is 1.18 bits per heavy atom. The molecule has 1 aromatic carbocycles. The Bertz CT molecular complexity index is 523. The average Bonchev–Trinajstić information content (AvgIpc) is 2.48. The van der Waals surface area contributed by atoms with E-state index in [0.717, 1.165) is 5.56 Å². The topological polar surface area (TPSA) is 79.5 Å². The lowest BCUT2D eigenvalue weighted by atomic mass is 10.1. The number of rotatable bonds is 6. The van der Waals surface area contributed by atoms with E-state index < -0.39 is 0 Å². The maximum Gasteiger partial charge on any atom is 0.240 e. The molecule has 0 aromatic heterocycles. The molecule has 22 heavy (non-hydrogen) atoms. The van der Waals surface area contributed by atoms with Crippen LogP contribution in [0.3, 0.4) is 0 Å². The predicted octanol–water partition coefficient (Wildman–Crippen LogP) is 1.33. The number of carbonyl (C=O) groups excluding carboxylic acids is 2. The lowest BCUT2D eigenvalue weighted by Gasteiger charge is -2.10. The van der Waals surface area contributed by atoms with Crippen molar-refractivity contribution in [3.8, 4) is 0 Å². The molecular weight excluding hydrogens is 326 g/mol. The third kappa shape index (κ3) is 7.92. The van der Waals surface area contributed by atoms with Crippen LogP contribution >= 0.6 is 23.8 Å². The maximum absolute atomic E-state index is 11.8. The summed E-state index contributed by atoms with van der Waals surface area (Å²) in [6.07, 6.45) is 0.374. The van der Waals surface area contributed by atoms with Crippen molar-refractivity contribution in [2.45, 2.75) is 19.8 Å². The summed E-state index contributed by atoms with van der Waals surface area (Å²) >= 11 is 10.7. The Morgan fingerprint density at radius 2 is 1.86 bits per heavy atom. The molecule has 0 saturated heterocycles. The molecule has 0 saturated carbocycles. The zero-order chi connectivity index (χ0) is 16.4. The molecule has 1 aromatic rings. The van der Waals surface area contributed by atoms with Gasteiger partial charge in [-0.2, -0.15) is 0 Å². The first-order valence-electron chi connectivity index (χ1n) is 6.72. The van der Waals surface area contributed by atoms with E-state index in [1.54, 1.807) is 24.3 Å². The molecule has 0 radical (unpaired) electrons. The number of nitrogens with one attached hydrogen (secondary N) is 3. The van der Waals surface area contributed by atoms with Crippen LogP contribution in [0, 0.1) is 0 Å². The van der Waals surface area contributed by atoms with Gasteiger partial charge in [-0.3, -0.25) is 20.4 Å². The lowest BCUT2D eigenvalue weighted by Crippen LogP contribution is -2.48. The first-order chi connectivity index (χ1) is 10.5. The van der Waals surface area contributed by atoms with Crippen LogP contribution in [0.2, 0.25) is 5.02 Å². The zero-order valence-electron chi connectivity index (χ0n) is 12.1. The molecule has 3 N–H and O–H groups in total. The van der Waals surface area contributed by atoms with Gasteiger partial charge in [-0.1, -0.05) is 23.7 Å². The number of hydrogen-bond donors (Lipinski definition) is 3.